The van der Waals surface area contributed by atoms with Gasteiger partial charge in [0.25, 0.3) is 0 Å². The molecule has 1 unspecified atom stereocenters. The van der Waals surface area contributed by atoms with Crippen molar-refractivity contribution < 1.29 is 32.2 Å². The molecule has 0 aliphatic heterocycles. The number of esters is 2. The van der Waals surface area contributed by atoms with Crippen molar-refractivity contribution >= 4 is 11.9 Å². The van der Waals surface area contributed by atoms with Gasteiger partial charge in [-0.1, -0.05) is 134 Å². The van der Waals surface area contributed by atoms with Gasteiger partial charge in [-0.3, -0.25) is 9.59 Å². The Bertz CT molecular complexity index is 737. The summed E-state index contributed by atoms with van der Waals surface area (Å²) in [5, 5.41) is 0. The van der Waals surface area contributed by atoms with Crippen LogP contribution in [0.25, 0.3) is 0 Å². The Morgan fingerprint density at radius 3 is 1.56 bits per heavy atom. The van der Waals surface area contributed by atoms with Crippen molar-refractivity contribution in [3.8, 4) is 0 Å². The van der Waals surface area contributed by atoms with Crippen LogP contribution in [0.15, 0.2) is 30.3 Å². The van der Waals surface area contributed by atoms with E-state index in [2.05, 4.69) is 6.92 Å². The molecule has 0 aliphatic rings. The van der Waals surface area contributed by atoms with Gasteiger partial charge in [0.15, 0.2) is 0 Å². The number of rotatable bonds is 24. The van der Waals surface area contributed by atoms with E-state index in [-0.39, 0.29) is 18.0 Å². The van der Waals surface area contributed by atoms with Gasteiger partial charge in [-0.2, -0.15) is 13.2 Å². The second-order valence-electron chi connectivity index (χ2n) is 10.6. The fourth-order valence-corrected chi connectivity index (χ4v) is 4.59. The summed E-state index contributed by atoms with van der Waals surface area (Å²) in [7, 11) is 0. The average molecular weight is 557 g/mol. The first-order chi connectivity index (χ1) is 18.8. The molecule has 0 N–H and O–H groups in total. The molecule has 0 heterocycles. The normalized spacial score (nSPS) is 12.3. The quantitative estimate of drug-likeness (QED) is 0.0939. The molecule has 0 bridgehead atoms. The fraction of sp³-hybridized carbons (Fsp3) is 0.750. The molecule has 0 aliphatic carbocycles. The summed E-state index contributed by atoms with van der Waals surface area (Å²) in [6.07, 6.45) is 13.5. The third-order valence-electron chi connectivity index (χ3n) is 6.92. The Balaban J connectivity index is 1.92. The highest BCUT2D eigenvalue weighted by atomic mass is 19.4. The summed E-state index contributed by atoms with van der Waals surface area (Å²) in [6.45, 7) is 2.75. The molecule has 0 aromatic heterocycles. The van der Waals surface area contributed by atoms with E-state index in [4.69, 9.17) is 9.47 Å². The van der Waals surface area contributed by atoms with Gasteiger partial charge in [-0.15, -0.1) is 0 Å². The number of benzene rings is 1. The van der Waals surface area contributed by atoms with Crippen molar-refractivity contribution in [1.82, 2.24) is 0 Å². The third-order valence-corrected chi connectivity index (χ3v) is 6.92. The smallest absolute Gasteiger partial charge is 0.429 e. The average Bonchev–Trinajstić information content (AvgIpc) is 2.91. The molecule has 39 heavy (non-hydrogen) atoms. The van der Waals surface area contributed by atoms with Gasteiger partial charge in [0.05, 0.1) is 6.61 Å². The van der Waals surface area contributed by atoms with Gasteiger partial charge < -0.3 is 9.47 Å². The first-order valence-corrected chi connectivity index (χ1v) is 15.3. The lowest BCUT2D eigenvalue weighted by Crippen LogP contribution is -2.26. The molecule has 0 fully saturated rings. The van der Waals surface area contributed by atoms with Crippen molar-refractivity contribution in [3.05, 3.63) is 35.9 Å². The summed E-state index contributed by atoms with van der Waals surface area (Å²) in [6, 6.07) is 7.20. The van der Waals surface area contributed by atoms with E-state index in [9.17, 15) is 22.8 Å². The minimum Gasteiger partial charge on any atom is -0.466 e. The van der Waals surface area contributed by atoms with Crippen LogP contribution >= 0.6 is 0 Å². The van der Waals surface area contributed by atoms with Crippen LogP contribution in [0.2, 0.25) is 0 Å². The fourth-order valence-electron chi connectivity index (χ4n) is 4.59. The topological polar surface area (TPSA) is 52.6 Å². The van der Waals surface area contributed by atoms with Gasteiger partial charge in [-0.25, -0.2) is 0 Å². The molecule has 224 valence electrons. The van der Waals surface area contributed by atoms with Crippen LogP contribution in [-0.2, 0) is 19.1 Å². The van der Waals surface area contributed by atoms with Crippen molar-refractivity contribution in [3.63, 3.8) is 0 Å². The predicted octanol–water partition coefficient (Wildman–Crippen LogP) is 10.2. The molecule has 0 spiro atoms. The van der Waals surface area contributed by atoms with E-state index in [0.29, 0.717) is 19.4 Å². The van der Waals surface area contributed by atoms with E-state index in [1.165, 1.54) is 88.5 Å². The van der Waals surface area contributed by atoms with Crippen LogP contribution in [0, 0.1) is 0 Å². The van der Waals surface area contributed by atoms with E-state index in [0.717, 1.165) is 44.9 Å². The Morgan fingerprint density at radius 2 is 1.08 bits per heavy atom. The van der Waals surface area contributed by atoms with Crippen LogP contribution in [0.3, 0.4) is 0 Å². The number of ether oxygens (including phenoxy) is 2. The molecule has 4 nitrogen and oxygen atoms in total. The van der Waals surface area contributed by atoms with Gasteiger partial charge in [0.1, 0.15) is 0 Å². The van der Waals surface area contributed by atoms with Crippen LogP contribution < -0.4 is 0 Å². The van der Waals surface area contributed by atoms with E-state index >= 15 is 0 Å². The molecule has 1 atom stereocenters. The second kappa shape index (κ2) is 22.7. The summed E-state index contributed by atoms with van der Waals surface area (Å²) in [5.41, 5.74) is -0.0778. The highest BCUT2D eigenvalue weighted by molar-refractivity contribution is 5.70. The molecular formula is C32H51F3O4. The Hall–Kier alpha value is -2.05. The number of carbonyl (C=O) groups is 2. The molecule has 0 radical (unpaired) electrons. The van der Waals surface area contributed by atoms with Gasteiger partial charge in [0.2, 0.25) is 6.10 Å². The third kappa shape index (κ3) is 19.6. The number of alkyl halides is 3. The summed E-state index contributed by atoms with van der Waals surface area (Å²) in [4.78, 5) is 23.8. The first kappa shape index (κ1) is 35.0. The zero-order valence-corrected chi connectivity index (χ0v) is 24.1. The summed E-state index contributed by atoms with van der Waals surface area (Å²) in [5.74, 6) is -0.976. The van der Waals surface area contributed by atoms with E-state index < -0.39 is 18.2 Å². The van der Waals surface area contributed by atoms with E-state index in [1.54, 1.807) is 6.07 Å². The Kier molecular flexibility index (Phi) is 20.4. The molecular weight excluding hydrogens is 505 g/mol. The lowest BCUT2D eigenvalue weighted by Gasteiger charge is -2.21. The molecule has 1 aromatic rings. The molecule has 0 saturated carbocycles. The number of halogens is 3. The maximum atomic E-state index is 13.3. The monoisotopic (exact) mass is 556 g/mol. The van der Waals surface area contributed by atoms with Gasteiger partial charge >= 0.3 is 18.1 Å². The van der Waals surface area contributed by atoms with Crippen LogP contribution in [0.4, 0.5) is 13.2 Å². The minimum atomic E-state index is -4.65. The van der Waals surface area contributed by atoms with Crippen molar-refractivity contribution in [1.29, 1.82) is 0 Å². The number of hydrogen-bond donors (Lipinski definition) is 0. The van der Waals surface area contributed by atoms with Gasteiger partial charge in [-0.05, 0) is 19.3 Å². The largest absolute Gasteiger partial charge is 0.466 e. The molecule has 0 amide bonds. The van der Waals surface area contributed by atoms with Crippen LogP contribution in [0.1, 0.15) is 147 Å². The maximum absolute atomic E-state index is 13.3. The highest BCUT2D eigenvalue weighted by Gasteiger charge is 2.43. The zero-order chi connectivity index (χ0) is 28.6. The van der Waals surface area contributed by atoms with Crippen molar-refractivity contribution in [2.75, 3.05) is 6.61 Å². The Morgan fingerprint density at radius 1 is 0.641 bits per heavy atom. The van der Waals surface area contributed by atoms with Crippen LogP contribution in [-0.4, -0.2) is 24.7 Å². The summed E-state index contributed by atoms with van der Waals surface area (Å²) >= 11 is 0. The molecule has 1 rings (SSSR count). The number of carbonyl (C=O) groups excluding carboxylic acids is 2. The highest BCUT2D eigenvalue weighted by Crippen LogP contribution is 2.36. The predicted molar refractivity (Wildman–Crippen MR) is 150 cm³/mol. The van der Waals surface area contributed by atoms with Gasteiger partial charge in [0, 0.05) is 18.4 Å². The van der Waals surface area contributed by atoms with Crippen LogP contribution in [0.5, 0.6) is 0 Å². The molecule has 1 aromatic carbocycles. The maximum Gasteiger partial charge on any atom is 0.429 e. The molecule has 7 heteroatoms. The SMILES string of the molecule is CCCCCCCCCCCCCCOC(=O)CCCCCCCCC(=O)OC(c1ccccc1)C(F)(F)F. The minimum absolute atomic E-state index is 0.0368. The summed E-state index contributed by atoms with van der Waals surface area (Å²) < 4.78 is 49.9. The zero-order valence-electron chi connectivity index (χ0n) is 24.1. The van der Waals surface area contributed by atoms with E-state index in [1.807, 2.05) is 0 Å². The standard InChI is InChI=1S/C32H51F3O4/c1-2-3-4-5-6-7-8-9-10-13-16-22-27-38-29(36)25-20-14-11-12-15-21-26-30(37)39-31(32(33,34)35)28-23-18-17-19-24-28/h17-19,23-24,31H,2-16,20-22,25-27H2,1H3. The number of hydrogen-bond acceptors (Lipinski definition) is 4. The number of unbranched alkanes of at least 4 members (excludes halogenated alkanes) is 16. The molecule has 0 saturated heterocycles. The second-order valence-corrected chi connectivity index (χ2v) is 10.6. The lowest BCUT2D eigenvalue weighted by molar-refractivity contribution is -0.224. The first-order valence-electron chi connectivity index (χ1n) is 15.3. The Labute approximate surface area is 234 Å². The van der Waals surface area contributed by atoms with Crippen molar-refractivity contribution in [2.45, 2.75) is 148 Å². The lowest BCUT2D eigenvalue weighted by atomic mass is 10.1. The van der Waals surface area contributed by atoms with Crippen molar-refractivity contribution in [2.24, 2.45) is 0 Å².